The van der Waals surface area contributed by atoms with Crippen molar-refractivity contribution in [2.45, 2.75) is 6.92 Å². The summed E-state index contributed by atoms with van der Waals surface area (Å²) < 4.78 is 0. The monoisotopic (exact) mass is 332 g/mol. The van der Waals surface area contributed by atoms with E-state index < -0.39 is 11.5 Å². The molecule has 1 heterocycles. The maximum atomic E-state index is 12.3. The third-order valence-electron chi connectivity index (χ3n) is 3.79. The van der Waals surface area contributed by atoms with E-state index in [1.807, 2.05) is 30.3 Å². The summed E-state index contributed by atoms with van der Waals surface area (Å²) in [5.74, 6) is -0.553. The van der Waals surface area contributed by atoms with Gasteiger partial charge in [-0.15, -0.1) is 0 Å². The third kappa shape index (κ3) is 3.72. The molecule has 2 N–H and O–H groups in total. The van der Waals surface area contributed by atoms with Gasteiger partial charge in [0.15, 0.2) is 5.78 Å². The van der Waals surface area contributed by atoms with Crippen LogP contribution >= 0.6 is 0 Å². The lowest BCUT2D eigenvalue weighted by atomic mass is 10.1. The number of ketones is 1. The fraction of sp³-hybridized carbons (Fsp3) is 0.0500. The summed E-state index contributed by atoms with van der Waals surface area (Å²) in [5, 5.41) is 2.65. The van der Waals surface area contributed by atoms with Crippen LogP contribution in [0.1, 0.15) is 27.6 Å². The van der Waals surface area contributed by atoms with Gasteiger partial charge in [0.05, 0.1) is 0 Å². The van der Waals surface area contributed by atoms with Gasteiger partial charge in [-0.1, -0.05) is 30.3 Å². The zero-order valence-corrected chi connectivity index (χ0v) is 13.6. The number of benzene rings is 2. The summed E-state index contributed by atoms with van der Waals surface area (Å²) >= 11 is 0. The molecule has 0 saturated heterocycles. The number of amides is 1. The van der Waals surface area contributed by atoms with Crippen molar-refractivity contribution in [2.24, 2.45) is 0 Å². The molecule has 0 unspecified atom stereocenters. The number of anilines is 1. The molecule has 0 aliphatic heterocycles. The Hall–Kier alpha value is -3.47. The number of aromatic nitrogens is 1. The van der Waals surface area contributed by atoms with Crippen LogP contribution in [0.3, 0.4) is 0 Å². The molecule has 5 nitrogen and oxygen atoms in total. The van der Waals surface area contributed by atoms with Crippen molar-refractivity contribution in [1.82, 2.24) is 4.98 Å². The van der Waals surface area contributed by atoms with E-state index in [4.69, 9.17) is 0 Å². The lowest BCUT2D eigenvalue weighted by molar-refractivity contribution is 0.101. The summed E-state index contributed by atoms with van der Waals surface area (Å²) in [6, 6.07) is 19.1. The van der Waals surface area contributed by atoms with Crippen LogP contribution in [-0.2, 0) is 0 Å². The SMILES string of the molecule is CC(=O)c1ccc(NC(=O)c2ccc(-c3ccccc3)[nH]c2=O)cc1. The molecule has 3 rings (SSSR count). The summed E-state index contributed by atoms with van der Waals surface area (Å²) in [6.07, 6.45) is 0. The second-order valence-corrected chi connectivity index (χ2v) is 5.57. The van der Waals surface area contributed by atoms with Gasteiger partial charge < -0.3 is 10.3 Å². The molecule has 124 valence electrons. The molecule has 1 amide bonds. The van der Waals surface area contributed by atoms with E-state index in [1.54, 1.807) is 30.3 Å². The average Bonchev–Trinajstić information content (AvgIpc) is 2.62. The number of pyridine rings is 1. The minimum Gasteiger partial charge on any atom is -0.322 e. The van der Waals surface area contributed by atoms with Gasteiger partial charge >= 0.3 is 0 Å². The Bertz CT molecular complexity index is 974. The molecule has 0 aliphatic carbocycles. The number of hydrogen-bond acceptors (Lipinski definition) is 3. The first-order chi connectivity index (χ1) is 12.0. The van der Waals surface area contributed by atoms with Crippen molar-refractivity contribution in [2.75, 3.05) is 5.32 Å². The molecule has 0 bridgehead atoms. The molecule has 0 fully saturated rings. The Morgan fingerprint density at radius 1 is 0.880 bits per heavy atom. The van der Waals surface area contributed by atoms with Crippen LogP contribution in [0.15, 0.2) is 71.5 Å². The summed E-state index contributed by atoms with van der Waals surface area (Å²) in [7, 11) is 0. The van der Waals surface area contributed by atoms with Crippen LogP contribution in [0.2, 0.25) is 0 Å². The van der Waals surface area contributed by atoms with E-state index >= 15 is 0 Å². The first-order valence-electron chi connectivity index (χ1n) is 7.76. The Balaban J connectivity index is 1.80. The second-order valence-electron chi connectivity index (χ2n) is 5.57. The molecular weight excluding hydrogens is 316 g/mol. The minimum absolute atomic E-state index is 0.0234. The topological polar surface area (TPSA) is 79.0 Å². The predicted octanol–water partition coefficient (Wildman–Crippen LogP) is 3.50. The lowest BCUT2D eigenvalue weighted by Crippen LogP contribution is -2.23. The van der Waals surface area contributed by atoms with Crippen molar-refractivity contribution >= 4 is 17.4 Å². The third-order valence-corrected chi connectivity index (χ3v) is 3.79. The van der Waals surface area contributed by atoms with Gasteiger partial charge in [0, 0.05) is 16.9 Å². The number of carbonyl (C=O) groups is 2. The highest BCUT2D eigenvalue weighted by molar-refractivity contribution is 6.04. The Kier molecular flexibility index (Phi) is 4.57. The minimum atomic E-state index is -0.503. The molecule has 0 saturated carbocycles. The summed E-state index contributed by atoms with van der Waals surface area (Å²) in [6.45, 7) is 1.47. The van der Waals surface area contributed by atoms with Crippen LogP contribution in [0.25, 0.3) is 11.3 Å². The molecular formula is C20H16N2O3. The van der Waals surface area contributed by atoms with Crippen LogP contribution in [-0.4, -0.2) is 16.7 Å². The van der Waals surface area contributed by atoms with Crippen LogP contribution in [0, 0.1) is 0 Å². The van der Waals surface area contributed by atoms with Crippen LogP contribution < -0.4 is 10.9 Å². The molecule has 3 aromatic rings. The number of H-pyrrole nitrogens is 1. The molecule has 5 heteroatoms. The first kappa shape index (κ1) is 16.4. The molecule has 0 radical (unpaired) electrons. The fourth-order valence-electron chi connectivity index (χ4n) is 2.43. The second kappa shape index (κ2) is 6.97. The number of rotatable bonds is 4. The van der Waals surface area contributed by atoms with Gasteiger partial charge in [0.1, 0.15) is 5.56 Å². The maximum absolute atomic E-state index is 12.3. The fourth-order valence-corrected chi connectivity index (χ4v) is 2.43. The van der Waals surface area contributed by atoms with E-state index in [2.05, 4.69) is 10.3 Å². The van der Waals surface area contributed by atoms with Crippen molar-refractivity contribution in [3.8, 4) is 11.3 Å². The highest BCUT2D eigenvalue weighted by Gasteiger charge is 2.12. The lowest BCUT2D eigenvalue weighted by Gasteiger charge is -2.07. The van der Waals surface area contributed by atoms with Crippen molar-refractivity contribution in [3.63, 3.8) is 0 Å². The van der Waals surface area contributed by atoms with E-state index in [9.17, 15) is 14.4 Å². The van der Waals surface area contributed by atoms with Gasteiger partial charge in [-0.2, -0.15) is 0 Å². The smallest absolute Gasteiger partial charge is 0.261 e. The standard InChI is InChI=1S/C20H16N2O3/c1-13(23)14-7-9-16(10-8-14)21-19(24)17-11-12-18(22-20(17)25)15-5-3-2-4-6-15/h2-12H,1H3,(H,21,24)(H,22,25). The molecule has 1 aromatic heterocycles. The largest absolute Gasteiger partial charge is 0.322 e. The molecule has 0 atom stereocenters. The maximum Gasteiger partial charge on any atom is 0.261 e. The number of carbonyl (C=O) groups excluding carboxylic acids is 2. The highest BCUT2D eigenvalue weighted by atomic mass is 16.2. The quantitative estimate of drug-likeness (QED) is 0.718. The average molecular weight is 332 g/mol. The van der Waals surface area contributed by atoms with E-state index in [0.717, 1.165) is 5.56 Å². The van der Waals surface area contributed by atoms with Gasteiger partial charge in [-0.3, -0.25) is 14.4 Å². The van der Waals surface area contributed by atoms with Gasteiger partial charge in [0.2, 0.25) is 0 Å². The van der Waals surface area contributed by atoms with E-state index in [0.29, 0.717) is 16.9 Å². The van der Waals surface area contributed by atoms with Crippen molar-refractivity contribution < 1.29 is 9.59 Å². The Morgan fingerprint density at radius 2 is 1.56 bits per heavy atom. The molecule has 25 heavy (non-hydrogen) atoms. The molecule has 0 spiro atoms. The predicted molar refractivity (Wildman–Crippen MR) is 96.9 cm³/mol. The number of aromatic amines is 1. The van der Waals surface area contributed by atoms with Crippen molar-refractivity contribution in [3.05, 3.63) is 88.2 Å². The zero-order valence-electron chi connectivity index (χ0n) is 13.6. The summed E-state index contributed by atoms with van der Waals surface area (Å²) in [5.41, 5.74) is 2.15. The van der Waals surface area contributed by atoms with Gasteiger partial charge in [0.25, 0.3) is 11.5 Å². The highest BCUT2D eigenvalue weighted by Crippen LogP contribution is 2.15. The van der Waals surface area contributed by atoms with Crippen LogP contribution in [0.4, 0.5) is 5.69 Å². The first-order valence-corrected chi connectivity index (χ1v) is 7.76. The van der Waals surface area contributed by atoms with Crippen LogP contribution in [0.5, 0.6) is 0 Å². The zero-order chi connectivity index (χ0) is 17.8. The van der Waals surface area contributed by atoms with Gasteiger partial charge in [-0.05, 0) is 48.9 Å². The summed E-state index contributed by atoms with van der Waals surface area (Å²) in [4.78, 5) is 38.5. The van der Waals surface area contributed by atoms with E-state index in [1.165, 1.54) is 13.0 Å². The Morgan fingerprint density at radius 3 is 2.16 bits per heavy atom. The Labute approximate surface area is 144 Å². The number of nitrogens with one attached hydrogen (secondary N) is 2. The van der Waals surface area contributed by atoms with Crippen molar-refractivity contribution in [1.29, 1.82) is 0 Å². The van der Waals surface area contributed by atoms with Gasteiger partial charge in [-0.25, -0.2) is 0 Å². The molecule has 2 aromatic carbocycles. The number of hydrogen-bond donors (Lipinski definition) is 2. The number of Topliss-reactive ketones (excluding diaryl/α,β-unsaturated/α-hetero) is 1. The molecule has 0 aliphatic rings. The van der Waals surface area contributed by atoms with E-state index in [-0.39, 0.29) is 11.3 Å². The normalized spacial score (nSPS) is 10.3.